The lowest BCUT2D eigenvalue weighted by Crippen LogP contribution is -2.42. The molecule has 0 saturated carbocycles. The molecule has 0 aliphatic rings. The molecular weight excluding hydrogens is 403 g/mol. The fraction of sp³-hybridized carbons (Fsp3) is 0.312. The van der Waals surface area contributed by atoms with Gasteiger partial charge in [-0.05, 0) is 12.1 Å². The zero-order valence-electron chi connectivity index (χ0n) is 14.8. The molecule has 0 atom stereocenters. The minimum absolute atomic E-state index is 0.0595. The Labute approximate surface area is 160 Å². The molecule has 0 N–H and O–H groups in total. The fourth-order valence-electron chi connectivity index (χ4n) is 2.38. The Morgan fingerprint density at radius 2 is 2.07 bits per heavy atom. The smallest absolute Gasteiger partial charge is 0.406 e. The van der Waals surface area contributed by atoms with E-state index in [2.05, 4.69) is 4.74 Å². The number of esters is 1. The van der Waals surface area contributed by atoms with Gasteiger partial charge in [0.05, 0.1) is 31.0 Å². The van der Waals surface area contributed by atoms with E-state index >= 15 is 0 Å². The van der Waals surface area contributed by atoms with Crippen molar-refractivity contribution < 1.29 is 36.8 Å². The third kappa shape index (κ3) is 5.67. The second-order valence-corrected chi connectivity index (χ2v) is 5.74. The molecular formula is C16H14F3N3O7. The second kappa shape index (κ2) is 8.58. The number of aromatic nitrogens is 1. The van der Waals surface area contributed by atoms with Gasteiger partial charge in [0, 0.05) is 6.07 Å². The SMILES string of the molecule is COC(=O)c1cc([N+](=O)[O-])cn(CC(=O)N(Cc2ccco2)CC(F)(F)F)c1=O. The predicted molar refractivity (Wildman–Crippen MR) is 88.9 cm³/mol. The van der Waals surface area contributed by atoms with Crippen LogP contribution in [0.4, 0.5) is 18.9 Å². The molecule has 2 aromatic rings. The highest BCUT2D eigenvalue weighted by Crippen LogP contribution is 2.19. The van der Waals surface area contributed by atoms with Gasteiger partial charge in [0.2, 0.25) is 5.91 Å². The Morgan fingerprint density at radius 3 is 2.59 bits per heavy atom. The first-order valence-corrected chi connectivity index (χ1v) is 7.86. The number of rotatable bonds is 7. The van der Waals surface area contributed by atoms with Gasteiger partial charge in [-0.2, -0.15) is 13.2 Å². The maximum absolute atomic E-state index is 12.9. The summed E-state index contributed by atoms with van der Waals surface area (Å²) in [4.78, 5) is 46.9. The molecule has 0 aromatic carbocycles. The number of pyridine rings is 1. The molecule has 0 bridgehead atoms. The van der Waals surface area contributed by atoms with Crippen LogP contribution in [-0.2, 0) is 22.6 Å². The number of ether oxygens (including phenoxy) is 1. The average Bonchev–Trinajstić information content (AvgIpc) is 3.13. The summed E-state index contributed by atoms with van der Waals surface area (Å²) in [7, 11) is 0.935. The molecule has 13 heteroatoms. The van der Waals surface area contributed by atoms with Crippen molar-refractivity contribution in [3.05, 3.63) is 62.5 Å². The molecule has 0 aliphatic carbocycles. The van der Waals surface area contributed by atoms with Crippen LogP contribution >= 0.6 is 0 Å². The topological polar surface area (TPSA) is 125 Å². The Bertz CT molecular complexity index is 967. The zero-order chi connectivity index (χ0) is 21.8. The van der Waals surface area contributed by atoms with Crippen molar-refractivity contribution >= 4 is 17.6 Å². The van der Waals surface area contributed by atoms with Crippen LogP contribution in [0.25, 0.3) is 0 Å². The van der Waals surface area contributed by atoms with Gasteiger partial charge in [-0.1, -0.05) is 0 Å². The molecule has 2 heterocycles. The molecule has 0 fully saturated rings. The van der Waals surface area contributed by atoms with E-state index in [1.54, 1.807) is 0 Å². The molecule has 29 heavy (non-hydrogen) atoms. The number of furan rings is 1. The highest BCUT2D eigenvalue weighted by molar-refractivity contribution is 5.89. The lowest BCUT2D eigenvalue weighted by molar-refractivity contribution is -0.385. The van der Waals surface area contributed by atoms with E-state index in [-0.39, 0.29) is 5.76 Å². The molecule has 0 aliphatic heterocycles. The van der Waals surface area contributed by atoms with Crippen molar-refractivity contribution in [1.29, 1.82) is 0 Å². The second-order valence-electron chi connectivity index (χ2n) is 5.74. The van der Waals surface area contributed by atoms with Crippen LogP contribution < -0.4 is 5.56 Å². The molecule has 0 unspecified atom stereocenters. The van der Waals surface area contributed by atoms with Crippen LogP contribution in [0.3, 0.4) is 0 Å². The molecule has 0 radical (unpaired) electrons. The summed E-state index contributed by atoms with van der Waals surface area (Å²) in [6.07, 6.45) is -2.88. The van der Waals surface area contributed by atoms with Crippen molar-refractivity contribution in [2.75, 3.05) is 13.7 Å². The van der Waals surface area contributed by atoms with E-state index < -0.39 is 59.4 Å². The van der Waals surface area contributed by atoms with Crippen LogP contribution in [0.5, 0.6) is 0 Å². The molecule has 156 valence electrons. The van der Waals surface area contributed by atoms with E-state index in [4.69, 9.17) is 4.42 Å². The van der Waals surface area contributed by atoms with Gasteiger partial charge >= 0.3 is 12.1 Å². The Hall–Kier alpha value is -3.64. The number of hydrogen-bond donors (Lipinski definition) is 0. The van der Waals surface area contributed by atoms with Gasteiger partial charge in [0.25, 0.3) is 11.2 Å². The van der Waals surface area contributed by atoms with E-state index in [0.717, 1.165) is 7.11 Å². The lowest BCUT2D eigenvalue weighted by Gasteiger charge is -2.23. The van der Waals surface area contributed by atoms with Gasteiger partial charge in [-0.3, -0.25) is 24.3 Å². The Kier molecular flexibility index (Phi) is 6.41. The summed E-state index contributed by atoms with van der Waals surface area (Å²) in [5.41, 5.74) is -2.57. The Morgan fingerprint density at radius 1 is 1.38 bits per heavy atom. The number of nitrogens with zero attached hydrogens (tertiary/aromatic N) is 3. The molecule has 2 rings (SSSR count). The van der Waals surface area contributed by atoms with Crippen LogP contribution in [0.15, 0.2) is 39.9 Å². The summed E-state index contributed by atoms with van der Waals surface area (Å²) in [5.74, 6) is -2.30. The summed E-state index contributed by atoms with van der Waals surface area (Å²) in [6.45, 7) is -3.15. The van der Waals surface area contributed by atoms with Gasteiger partial charge in [0.15, 0.2) is 0 Å². The zero-order valence-corrected chi connectivity index (χ0v) is 14.8. The van der Waals surface area contributed by atoms with Crippen LogP contribution in [0.2, 0.25) is 0 Å². The van der Waals surface area contributed by atoms with E-state index in [1.165, 1.54) is 18.4 Å². The van der Waals surface area contributed by atoms with Gasteiger partial charge in [-0.25, -0.2) is 4.79 Å². The van der Waals surface area contributed by atoms with E-state index in [9.17, 15) is 37.7 Å². The van der Waals surface area contributed by atoms with Crippen LogP contribution in [-0.4, -0.2) is 46.1 Å². The molecule has 2 aromatic heterocycles. The van der Waals surface area contributed by atoms with Crippen LogP contribution in [0, 0.1) is 10.1 Å². The lowest BCUT2D eigenvalue weighted by atomic mass is 10.2. The summed E-state index contributed by atoms with van der Waals surface area (Å²) < 4.78 is 48.4. The number of halogens is 3. The normalized spacial score (nSPS) is 11.2. The van der Waals surface area contributed by atoms with Crippen molar-refractivity contribution in [2.45, 2.75) is 19.3 Å². The third-order valence-electron chi connectivity index (χ3n) is 3.64. The van der Waals surface area contributed by atoms with Gasteiger partial charge < -0.3 is 14.1 Å². The number of nitro groups is 1. The highest BCUT2D eigenvalue weighted by Gasteiger charge is 2.34. The molecule has 10 nitrogen and oxygen atoms in total. The van der Waals surface area contributed by atoms with Gasteiger partial charge in [-0.15, -0.1) is 0 Å². The number of methoxy groups -OCH3 is 1. The Balaban J connectivity index is 2.39. The maximum Gasteiger partial charge on any atom is 0.406 e. The van der Waals surface area contributed by atoms with Gasteiger partial charge in [0.1, 0.15) is 24.4 Å². The minimum Gasteiger partial charge on any atom is -0.467 e. The van der Waals surface area contributed by atoms with Crippen molar-refractivity contribution in [3.63, 3.8) is 0 Å². The van der Waals surface area contributed by atoms with E-state index in [1.807, 2.05) is 0 Å². The van der Waals surface area contributed by atoms with Crippen molar-refractivity contribution in [3.8, 4) is 0 Å². The number of carbonyl (C=O) groups excluding carboxylic acids is 2. The molecule has 0 saturated heterocycles. The largest absolute Gasteiger partial charge is 0.467 e. The molecule has 1 amide bonds. The fourth-order valence-corrected chi connectivity index (χ4v) is 2.38. The van der Waals surface area contributed by atoms with Crippen LogP contribution in [0.1, 0.15) is 16.1 Å². The first kappa shape index (κ1) is 21.7. The molecule has 0 spiro atoms. The number of hydrogen-bond acceptors (Lipinski definition) is 7. The summed E-state index contributed by atoms with van der Waals surface area (Å²) >= 11 is 0. The predicted octanol–water partition coefficient (Wildman–Crippen LogP) is 1.73. The monoisotopic (exact) mass is 417 g/mol. The maximum atomic E-state index is 12.9. The first-order chi connectivity index (χ1) is 13.5. The summed E-state index contributed by atoms with van der Waals surface area (Å²) in [6, 6.07) is 3.43. The number of amides is 1. The van der Waals surface area contributed by atoms with Crippen molar-refractivity contribution in [1.82, 2.24) is 9.47 Å². The number of carbonyl (C=O) groups is 2. The number of alkyl halides is 3. The minimum atomic E-state index is -4.74. The third-order valence-corrected chi connectivity index (χ3v) is 3.64. The highest BCUT2D eigenvalue weighted by atomic mass is 19.4. The summed E-state index contributed by atoms with van der Waals surface area (Å²) in [5, 5.41) is 11.0. The standard InChI is InChI=1S/C16H14F3N3O7/c1-28-15(25)12-5-10(22(26)27)6-20(14(12)24)8-13(23)21(9-16(17,18)19)7-11-3-2-4-29-11/h2-6H,7-9H2,1H3. The quantitative estimate of drug-likeness (QED) is 0.382. The van der Waals surface area contributed by atoms with E-state index in [0.29, 0.717) is 21.7 Å². The average molecular weight is 417 g/mol. The van der Waals surface area contributed by atoms with Crippen molar-refractivity contribution in [2.24, 2.45) is 0 Å². The first-order valence-electron chi connectivity index (χ1n) is 7.86.